The number of hydrogen-bond donors (Lipinski definition) is 2. The summed E-state index contributed by atoms with van der Waals surface area (Å²) in [7, 11) is 0. The normalized spacial score (nSPS) is 11.8. The molecule has 0 bridgehead atoms. The summed E-state index contributed by atoms with van der Waals surface area (Å²) in [5, 5.41) is 1.16. The van der Waals surface area contributed by atoms with Crippen LogP contribution in [0.25, 0.3) is 22.2 Å². The lowest BCUT2D eigenvalue weighted by Crippen LogP contribution is -2.43. The van der Waals surface area contributed by atoms with Crippen molar-refractivity contribution in [2.75, 3.05) is 19.6 Å². The lowest BCUT2D eigenvalue weighted by Gasteiger charge is -2.31. The Labute approximate surface area is 180 Å². The number of nitrogens with one attached hydrogen (secondary N) is 1. The van der Waals surface area contributed by atoms with Gasteiger partial charge in [-0.15, -0.1) is 0 Å². The van der Waals surface area contributed by atoms with E-state index >= 15 is 0 Å². The number of aryl methyl sites for hydroxylation is 2. The van der Waals surface area contributed by atoms with Gasteiger partial charge in [0.25, 0.3) is 0 Å². The van der Waals surface area contributed by atoms with Gasteiger partial charge < -0.3 is 15.6 Å². The number of amides is 1. The molecule has 3 N–H and O–H groups in total. The van der Waals surface area contributed by atoms with Crippen molar-refractivity contribution >= 4 is 16.8 Å². The van der Waals surface area contributed by atoms with E-state index in [1.54, 1.807) is 0 Å². The number of rotatable bonds is 7. The van der Waals surface area contributed by atoms with Gasteiger partial charge in [-0.3, -0.25) is 4.79 Å². The Morgan fingerprint density at radius 1 is 1.03 bits per heavy atom. The molecule has 4 nitrogen and oxygen atoms in total. The summed E-state index contributed by atoms with van der Waals surface area (Å²) in [6.07, 6.45) is 0.788. The van der Waals surface area contributed by atoms with Gasteiger partial charge in [-0.25, -0.2) is 0 Å². The second-order valence-corrected chi connectivity index (χ2v) is 8.76. The van der Waals surface area contributed by atoms with Crippen molar-refractivity contribution in [1.82, 2.24) is 9.88 Å². The van der Waals surface area contributed by atoms with E-state index < -0.39 is 5.41 Å². The number of benzene rings is 2. The Kier molecular flexibility index (Phi) is 6.37. The van der Waals surface area contributed by atoms with Gasteiger partial charge in [0.15, 0.2) is 0 Å². The molecule has 0 fully saturated rings. The topological polar surface area (TPSA) is 62.1 Å². The Morgan fingerprint density at radius 2 is 1.67 bits per heavy atom. The number of H-pyrrole nitrogens is 1. The molecule has 0 aliphatic carbocycles. The van der Waals surface area contributed by atoms with Gasteiger partial charge >= 0.3 is 0 Å². The van der Waals surface area contributed by atoms with Crippen molar-refractivity contribution in [3.8, 4) is 11.3 Å². The lowest BCUT2D eigenvalue weighted by atomic mass is 9.82. The fourth-order valence-electron chi connectivity index (χ4n) is 4.44. The van der Waals surface area contributed by atoms with Crippen molar-refractivity contribution in [3.63, 3.8) is 0 Å². The van der Waals surface area contributed by atoms with Crippen molar-refractivity contribution in [1.29, 1.82) is 0 Å². The van der Waals surface area contributed by atoms with Crippen LogP contribution in [0.15, 0.2) is 36.4 Å². The first-order valence-corrected chi connectivity index (χ1v) is 11.0. The number of carbonyl (C=O) groups excluding carboxylic acids is 1. The number of hydrogen-bond acceptors (Lipinski definition) is 2. The van der Waals surface area contributed by atoms with Crippen LogP contribution in [0, 0.1) is 13.8 Å². The van der Waals surface area contributed by atoms with Crippen LogP contribution in [0.5, 0.6) is 0 Å². The standard InChI is InChI=1S/C26H35N3O/c1-7-29(8-2)25(30)26(5,6)20-9-10-23-22(16-20)21(11-12-27)24(28-23)19-14-17(3)13-18(4)15-19/h9-10,13-16,28H,7-8,11-12,27H2,1-6H3. The number of nitrogens with zero attached hydrogens (tertiary/aromatic N) is 1. The molecule has 1 aromatic heterocycles. The van der Waals surface area contributed by atoms with E-state index in [2.05, 4.69) is 55.2 Å². The zero-order chi connectivity index (χ0) is 22.1. The smallest absolute Gasteiger partial charge is 0.232 e. The quantitative estimate of drug-likeness (QED) is 0.574. The summed E-state index contributed by atoms with van der Waals surface area (Å²) in [6, 6.07) is 13.0. The first kappa shape index (κ1) is 22.1. The molecular formula is C26H35N3O. The molecule has 2 aromatic carbocycles. The maximum absolute atomic E-state index is 13.2. The minimum atomic E-state index is -0.586. The number of nitrogens with two attached hydrogens (primary N) is 1. The summed E-state index contributed by atoms with van der Waals surface area (Å²) in [5.74, 6) is 0.164. The van der Waals surface area contributed by atoms with Crippen LogP contribution in [0.3, 0.4) is 0 Å². The van der Waals surface area contributed by atoms with Crippen LogP contribution in [0.2, 0.25) is 0 Å². The highest BCUT2D eigenvalue weighted by Crippen LogP contribution is 2.35. The fourth-order valence-corrected chi connectivity index (χ4v) is 4.44. The van der Waals surface area contributed by atoms with Gasteiger partial charge in [0.2, 0.25) is 5.91 Å². The molecule has 0 aliphatic rings. The first-order chi connectivity index (χ1) is 14.2. The molecule has 0 radical (unpaired) electrons. The van der Waals surface area contributed by atoms with E-state index in [-0.39, 0.29) is 5.91 Å². The highest BCUT2D eigenvalue weighted by Gasteiger charge is 2.33. The predicted octanol–water partition coefficient (Wildman–Crippen LogP) is 5.10. The fraction of sp³-hybridized carbons (Fsp3) is 0.423. The Balaban J connectivity index is 2.16. The molecule has 0 unspecified atom stereocenters. The lowest BCUT2D eigenvalue weighted by molar-refractivity contribution is -0.135. The zero-order valence-corrected chi connectivity index (χ0v) is 19.2. The average Bonchev–Trinajstić information content (AvgIpc) is 3.06. The number of likely N-dealkylation sites (N-methyl/N-ethyl adjacent to an activating group) is 1. The zero-order valence-electron chi connectivity index (χ0n) is 19.2. The van der Waals surface area contributed by atoms with Crippen molar-refractivity contribution in [2.45, 2.75) is 53.4 Å². The van der Waals surface area contributed by atoms with E-state index in [0.717, 1.165) is 41.7 Å². The summed E-state index contributed by atoms with van der Waals surface area (Å²) >= 11 is 0. The summed E-state index contributed by atoms with van der Waals surface area (Å²) in [6.45, 7) is 14.4. The monoisotopic (exact) mass is 405 g/mol. The van der Waals surface area contributed by atoms with Gasteiger partial charge in [-0.05, 0) is 95.5 Å². The first-order valence-electron chi connectivity index (χ1n) is 11.0. The van der Waals surface area contributed by atoms with Gasteiger partial charge in [0.1, 0.15) is 0 Å². The van der Waals surface area contributed by atoms with Gasteiger partial charge in [0, 0.05) is 29.7 Å². The highest BCUT2D eigenvalue weighted by atomic mass is 16.2. The van der Waals surface area contributed by atoms with E-state index in [4.69, 9.17) is 5.73 Å². The molecule has 160 valence electrons. The van der Waals surface area contributed by atoms with E-state index in [1.807, 2.05) is 32.6 Å². The molecule has 1 amide bonds. The summed E-state index contributed by atoms with van der Waals surface area (Å²) < 4.78 is 0. The molecule has 1 heterocycles. The summed E-state index contributed by atoms with van der Waals surface area (Å²) in [4.78, 5) is 18.7. The third-order valence-electron chi connectivity index (χ3n) is 6.12. The van der Waals surface area contributed by atoms with Crippen molar-refractivity contribution < 1.29 is 4.79 Å². The average molecular weight is 406 g/mol. The minimum Gasteiger partial charge on any atom is -0.354 e. The number of carbonyl (C=O) groups is 1. The molecular weight excluding hydrogens is 370 g/mol. The van der Waals surface area contributed by atoms with E-state index in [0.29, 0.717) is 6.54 Å². The maximum Gasteiger partial charge on any atom is 0.232 e. The maximum atomic E-state index is 13.2. The van der Waals surface area contributed by atoms with Crippen LogP contribution in [0.4, 0.5) is 0 Å². The molecule has 0 spiro atoms. The Bertz CT molecular complexity index is 1040. The van der Waals surface area contributed by atoms with Crippen LogP contribution >= 0.6 is 0 Å². The van der Waals surface area contributed by atoms with Crippen molar-refractivity contribution in [3.05, 3.63) is 58.7 Å². The molecule has 3 aromatic rings. The Morgan fingerprint density at radius 3 is 2.23 bits per heavy atom. The van der Waals surface area contributed by atoms with Gasteiger partial charge in [0.05, 0.1) is 5.41 Å². The van der Waals surface area contributed by atoms with Gasteiger partial charge in [-0.1, -0.05) is 23.3 Å². The third-order valence-corrected chi connectivity index (χ3v) is 6.12. The Hall–Kier alpha value is -2.59. The number of aromatic nitrogens is 1. The molecule has 30 heavy (non-hydrogen) atoms. The molecule has 0 saturated carbocycles. The largest absolute Gasteiger partial charge is 0.354 e. The van der Waals surface area contributed by atoms with E-state index in [1.165, 1.54) is 22.3 Å². The highest BCUT2D eigenvalue weighted by molar-refractivity contribution is 5.94. The third kappa shape index (κ3) is 4.01. The molecule has 0 atom stereocenters. The second-order valence-electron chi connectivity index (χ2n) is 8.76. The van der Waals surface area contributed by atoms with Crippen LogP contribution in [0.1, 0.15) is 49.9 Å². The predicted molar refractivity (Wildman–Crippen MR) is 127 cm³/mol. The molecule has 4 heteroatoms. The second kappa shape index (κ2) is 8.65. The molecule has 0 saturated heterocycles. The van der Waals surface area contributed by atoms with Crippen LogP contribution in [-0.4, -0.2) is 35.4 Å². The van der Waals surface area contributed by atoms with Gasteiger partial charge in [-0.2, -0.15) is 0 Å². The van der Waals surface area contributed by atoms with E-state index in [9.17, 15) is 4.79 Å². The van der Waals surface area contributed by atoms with Crippen LogP contribution < -0.4 is 5.73 Å². The van der Waals surface area contributed by atoms with Crippen LogP contribution in [-0.2, 0) is 16.6 Å². The summed E-state index contributed by atoms with van der Waals surface area (Å²) in [5.41, 5.74) is 13.6. The SMILES string of the molecule is CCN(CC)C(=O)C(C)(C)c1ccc2[nH]c(-c3cc(C)cc(C)c3)c(CCN)c2c1. The number of aromatic amines is 1. The minimum absolute atomic E-state index is 0.164. The van der Waals surface area contributed by atoms with Crippen molar-refractivity contribution in [2.24, 2.45) is 5.73 Å². The number of fused-ring (bicyclic) bond motifs is 1. The molecule has 0 aliphatic heterocycles. The molecule has 3 rings (SSSR count).